The quantitative estimate of drug-likeness (QED) is 0.661. The summed E-state index contributed by atoms with van der Waals surface area (Å²) in [6.07, 6.45) is 1.64. The highest BCUT2D eigenvalue weighted by Crippen LogP contribution is 2.21. The van der Waals surface area contributed by atoms with Crippen LogP contribution in [-0.4, -0.2) is 29.6 Å². The molecule has 1 heterocycles. The second-order valence-corrected chi connectivity index (χ2v) is 6.15. The molecule has 0 spiro atoms. The van der Waals surface area contributed by atoms with Crippen molar-refractivity contribution in [3.63, 3.8) is 0 Å². The first-order valence-corrected chi connectivity index (χ1v) is 7.91. The molecule has 0 aliphatic heterocycles. The van der Waals surface area contributed by atoms with Crippen molar-refractivity contribution in [3.05, 3.63) is 48.2 Å². The van der Waals surface area contributed by atoms with E-state index >= 15 is 0 Å². The van der Waals surface area contributed by atoms with E-state index in [4.69, 9.17) is 10.5 Å². The van der Waals surface area contributed by atoms with Gasteiger partial charge in [0.1, 0.15) is 11.6 Å². The Hall–Kier alpha value is -2.02. The van der Waals surface area contributed by atoms with Gasteiger partial charge in [-0.2, -0.15) is 0 Å². The molecule has 8 heteroatoms. The first-order chi connectivity index (χ1) is 11.4. The van der Waals surface area contributed by atoms with Crippen LogP contribution >= 0.6 is 24.8 Å². The molecule has 2 aromatic rings. The number of ether oxygens (including phenoxy) is 1. The first-order valence-electron chi connectivity index (χ1n) is 7.91. The van der Waals surface area contributed by atoms with E-state index in [0.29, 0.717) is 24.5 Å². The molecule has 0 atom stereocenters. The molecule has 0 aliphatic carbocycles. The zero-order chi connectivity index (χ0) is 17.6. The van der Waals surface area contributed by atoms with E-state index in [0.717, 1.165) is 11.4 Å². The van der Waals surface area contributed by atoms with Gasteiger partial charge in [0.2, 0.25) is 0 Å². The second kappa shape index (κ2) is 10.9. The molecule has 0 saturated carbocycles. The summed E-state index contributed by atoms with van der Waals surface area (Å²) < 4.78 is 5.42. The maximum atomic E-state index is 12.4. The third kappa shape index (κ3) is 7.47. The SMILES string of the molecule is CCOc1ccc(Nc2ncccc2C(=O)NCC(C)(C)N)cc1.Cl.Cl. The van der Waals surface area contributed by atoms with Crippen LogP contribution in [0.4, 0.5) is 11.5 Å². The molecule has 144 valence electrons. The van der Waals surface area contributed by atoms with Crippen molar-refractivity contribution in [1.82, 2.24) is 10.3 Å². The summed E-state index contributed by atoms with van der Waals surface area (Å²) in [5.41, 5.74) is 6.73. The molecule has 1 aromatic carbocycles. The first kappa shape index (κ1) is 24.0. The predicted octanol–water partition coefficient (Wildman–Crippen LogP) is 3.53. The molecular formula is C18H26Cl2N4O2. The summed E-state index contributed by atoms with van der Waals surface area (Å²) in [7, 11) is 0. The zero-order valence-electron chi connectivity index (χ0n) is 15.1. The van der Waals surface area contributed by atoms with E-state index in [1.807, 2.05) is 45.0 Å². The fourth-order valence-corrected chi connectivity index (χ4v) is 2.03. The van der Waals surface area contributed by atoms with Crippen LogP contribution in [0.1, 0.15) is 31.1 Å². The minimum absolute atomic E-state index is 0. The van der Waals surface area contributed by atoms with Gasteiger partial charge in [-0.1, -0.05) is 0 Å². The minimum atomic E-state index is -0.472. The van der Waals surface area contributed by atoms with Crippen molar-refractivity contribution in [2.75, 3.05) is 18.5 Å². The van der Waals surface area contributed by atoms with Gasteiger partial charge in [-0.05, 0) is 57.2 Å². The predicted molar refractivity (Wildman–Crippen MR) is 110 cm³/mol. The molecule has 2 rings (SSSR count). The number of nitrogens with one attached hydrogen (secondary N) is 2. The van der Waals surface area contributed by atoms with Gasteiger partial charge in [-0.3, -0.25) is 4.79 Å². The number of amides is 1. The second-order valence-electron chi connectivity index (χ2n) is 6.15. The van der Waals surface area contributed by atoms with Gasteiger partial charge in [0.05, 0.1) is 12.2 Å². The van der Waals surface area contributed by atoms with Crippen molar-refractivity contribution in [3.8, 4) is 5.75 Å². The number of nitrogens with zero attached hydrogens (tertiary/aromatic N) is 1. The highest BCUT2D eigenvalue weighted by Gasteiger charge is 2.16. The number of benzene rings is 1. The summed E-state index contributed by atoms with van der Waals surface area (Å²) in [5, 5.41) is 5.99. The van der Waals surface area contributed by atoms with Crippen LogP contribution in [0, 0.1) is 0 Å². The monoisotopic (exact) mass is 400 g/mol. The van der Waals surface area contributed by atoms with Gasteiger partial charge < -0.3 is 21.1 Å². The summed E-state index contributed by atoms with van der Waals surface area (Å²) >= 11 is 0. The smallest absolute Gasteiger partial charge is 0.255 e. The lowest BCUT2D eigenvalue weighted by Gasteiger charge is -2.19. The number of pyridine rings is 1. The Bertz CT molecular complexity index is 688. The zero-order valence-corrected chi connectivity index (χ0v) is 16.7. The summed E-state index contributed by atoms with van der Waals surface area (Å²) in [6.45, 7) is 6.65. The topological polar surface area (TPSA) is 89.3 Å². The highest BCUT2D eigenvalue weighted by atomic mass is 35.5. The van der Waals surface area contributed by atoms with Gasteiger partial charge in [0.15, 0.2) is 0 Å². The maximum Gasteiger partial charge on any atom is 0.255 e. The van der Waals surface area contributed by atoms with Gasteiger partial charge in [0, 0.05) is 24.0 Å². The third-order valence-electron chi connectivity index (χ3n) is 3.18. The molecule has 0 aliphatic rings. The number of hydrogen-bond acceptors (Lipinski definition) is 5. The van der Waals surface area contributed by atoms with Gasteiger partial charge >= 0.3 is 0 Å². The highest BCUT2D eigenvalue weighted by molar-refractivity contribution is 5.99. The minimum Gasteiger partial charge on any atom is -0.494 e. The molecule has 1 amide bonds. The van der Waals surface area contributed by atoms with Gasteiger partial charge in [-0.15, -0.1) is 24.8 Å². The summed E-state index contributed by atoms with van der Waals surface area (Å²) in [4.78, 5) is 16.6. The number of carbonyl (C=O) groups is 1. The normalized spacial score (nSPS) is 10.2. The largest absolute Gasteiger partial charge is 0.494 e. The Balaban J connectivity index is 0.00000312. The number of hydrogen-bond donors (Lipinski definition) is 3. The lowest BCUT2D eigenvalue weighted by Crippen LogP contribution is -2.45. The van der Waals surface area contributed by atoms with Crippen LogP contribution in [0.2, 0.25) is 0 Å². The Kier molecular flexibility index (Phi) is 10.0. The molecule has 1 aromatic heterocycles. The number of anilines is 2. The fourth-order valence-electron chi connectivity index (χ4n) is 2.03. The van der Waals surface area contributed by atoms with Gasteiger partial charge in [-0.25, -0.2) is 4.98 Å². The lowest BCUT2D eigenvalue weighted by atomic mass is 10.1. The molecule has 6 nitrogen and oxygen atoms in total. The average Bonchev–Trinajstić information content (AvgIpc) is 2.54. The molecule has 0 radical (unpaired) electrons. The molecule has 0 saturated heterocycles. The summed E-state index contributed by atoms with van der Waals surface area (Å²) in [5.74, 6) is 1.08. The Morgan fingerprint density at radius 2 is 1.85 bits per heavy atom. The van der Waals surface area contributed by atoms with E-state index < -0.39 is 5.54 Å². The average molecular weight is 401 g/mol. The Morgan fingerprint density at radius 1 is 1.19 bits per heavy atom. The van der Waals surface area contributed by atoms with E-state index in [1.165, 1.54) is 0 Å². The van der Waals surface area contributed by atoms with Gasteiger partial charge in [0.25, 0.3) is 5.91 Å². The van der Waals surface area contributed by atoms with E-state index in [2.05, 4.69) is 15.6 Å². The van der Waals surface area contributed by atoms with Crippen LogP contribution in [0.15, 0.2) is 42.6 Å². The van der Waals surface area contributed by atoms with Crippen molar-refractivity contribution in [2.45, 2.75) is 26.3 Å². The molecule has 0 bridgehead atoms. The number of nitrogens with two attached hydrogens (primary N) is 1. The molecule has 26 heavy (non-hydrogen) atoms. The third-order valence-corrected chi connectivity index (χ3v) is 3.18. The van der Waals surface area contributed by atoms with E-state index in [1.54, 1.807) is 18.3 Å². The maximum absolute atomic E-state index is 12.4. The molecule has 0 unspecified atom stereocenters. The number of carbonyl (C=O) groups excluding carboxylic acids is 1. The number of aromatic nitrogens is 1. The van der Waals surface area contributed by atoms with Crippen LogP contribution in [-0.2, 0) is 0 Å². The van der Waals surface area contributed by atoms with E-state index in [-0.39, 0.29) is 30.7 Å². The van der Waals surface area contributed by atoms with Crippen LogP contribution in [0.5, 0.6) is 5.75 Å². The Labute approximate surface area is 166 Å². The van der Waals surface area contributed by atoms with Crippen molar-refractivity contribution >= 4 is 42.2 Å². The summed E-state index contributed by atoms with van der Waals surface area (Å²) in [6, 6.07) is 10.9. The lowest BCUT2D eigenvalue weighted by molar-refractivity contribution is 0.0946. The molecule has 4 N–H and O–H groups in total. The number of rotatable bonds is 7. The van der Waals surface area contributed by atoms with Crippen molar-refractivity contribution < 1.29 is 9.53 Å². The van der Waals surface area contributed by atoms with Crippen LogP contribution in [0.3, 0.4) is 0 Å². The van der Waals surface area contributed by atoms with Crippen molar-refractivity contribution in [2.24, 2.45) is 5.73 Å². The van der Waals surface area contributed by atoms with Crippen LogP contribution < -0.4 is 21.1 Å². The molecule has 0 fully saturated rings. The van der Waals surface area contributed by atoms with Crippen molar-refractivity contribution in [1.29, 1.82) is 0 Å². The fraction of sp³-hybridized carbons (Fsp3) is 0.333. The standard InChI is InChI=1S/C18H24N4O2.2ClH/c1-4-24-14-9-7-13(8-10-14)22-16-15(6-5-11-20-16)17(23)21-12-18(2,3)19;;/h5-11H,4,12,19H2,1-3H3,(H,20,22)(H,21,23);2*1H. The van der Waals surface area contributed by atoms with E-state index in [9.17, 15) is 4.79 Å². The Morgan fingerprint density at radius 3 is 2.42 bits per heavy atom. The number of halogens is 2. The molecular weight excluding hydrogens is 375 g/mol. The van der Waals surface area contributed by atoms with Crippen LogP contribution in [0.25, 0.3) is 0 Å².